The molecule has 7 heteroatoms. The number of hydrogen-bond acceptors (Lipinski definition) is 7. The molecular weight excluding hydrogens is 342 g/mol. The van der Waals surface area contributed by atoms with Crippen LogP contribution in [0, 0.1) is 6.92 Å². The molecule has 0 saturated heterocycles. The van der Waals surface area contributed by atoms with E-state index in [1.54, 1.807) is 7.11 Å². The Morgan fingerprint density at radius 3 is 2.81 bits per heavy atom. The van der Waals surface area contributed by atoms with Crippen LogP contribution in [-0.4, -0.2) is 63.7 Å². The molecule has 1 aromatic heterocycles. The first-order chi connectivity index (χ1) is 13.1. The molecule has 0 saturated carbocycles. The van der Waals surface area contributed by atoms with Crippen LogP contribution in [0.1, 0.15) is 16.8 Å². The van der Waals surface area contributed by atoms with Crippen molar-refractivity contribution in [2.45, 2.75) is 13.5 Å². The highest BCUT2D eigenvalue weighted by Gasteiger charge is 2.09. The summed E-state index contributed by atoms with van der Waals surface area (Å²) in [5.41, 5.74) is 3.10. The average molecular weight is 371 g/mol. The standard InChI is InChI=1S/C20H29N5O2/c1-16-6-5-7-17(12-16)14-22-15-18-13-19(25(3)9-11-26-4)24-20(23-18)27-10-8-21-2/h5-7,12-14,21H,8-11,15H2,1-4H3. The van der Waals surface area contributed by atoms with Gasteiger partial charge in [0.2, 0.25) is 0 Å². The first kappa shape index (κ1) is 20.8. The van der Waals surface area contributed by atoms with E-state index in [0.717, 1.165) is 30.2 Å². The number of nitrogens with one attached hydrogen (secondary N) is 1. The van der Waals surface area contributed by atoms with Crippen LogP contribution in [0.15, 0.2) is 35.3 Å². The molecule has 2 aromatic rings. The number of aliphatic imine (C=N–C) groups is 1. The van der Waals surface area contributed by atoms with E-state index in [0.29, 0.717) is 25.8 Å². The molecular formula is C20H29N5O2. The highest BCUT2D eigenvalue weighted by Crippen LogP contribution is 2.16. The van der Waals surface area contributed by atoms with Crippen LogP contribution in [0.4, 0.5) is 5.82 Å². The molecule has 0 atom stereocenters. The van der Waals surface area contributed by atoms with Crippen molar-refractivity contribution in [2.24, 2.45) is 4.99 Å². The number of aromatic nitrogens is 2. The quantitative estimate of drug-likeness (QED) is 0.482. The lowest BCUT2D eigenvalue weighted by molar-refractivity contribution is 0.206. The van der Waals surface area contributed by atoms with Gasteiger partial charge in [0.15, 0.2) is 0 Å². The van der Waals surface area contributed by atoms with E-state index < -0.39 is 0 Å². The molecule has 0 spiro atoms. The van der Waals surface area contributed by atoms with Gasteiger partial charge in [-0.05, 0) is 19.5 Å². The van der Waals surface area contributed by atoms with Gasteiger partial charge in [0.25, 0.3) is 0 Å². The van der Waals surface area contributed by atoms with E-state index in [-0.39, 0.29) is 0 Å². The minimum absolute atomic E-state index is 0.368. The number of ether oxygens (including phenoxy) is 2. The monoisotopic (exact) mass is 371 g/mol. The predicted octanol–water partition coefficient (Wildman–Crippen LogP) is 2.08. The zero-order valence-corrected chi connectivity index (χ0v) is 16.6. The second-order valence-electron chi connectivity index (χ2n) is 6.25. The molecule has 0 radical (unpaired) electrons. The molecule has 1 aromatic carbocycles. The van der Waals surface area contributed by atoms with Crippen molar-refractivity contribution in [3.63, 3.8) is 0 Å². The van der Waals surface area contributed by atoms with Gasteiger partial charge < -0.3 is 19.7 Å². The average Bonchev–Trinajstić information content (AvgIpc) is 2.66. The van der Waals surface area contributed by atoms with Gasteiger partial charge in [0.1, 0.15) is 12.4 Å². The molecule has 27 heavy (non-hydrogen) atoms. The summed E-state index contributed by atoms with van der Waals surface area (Å²) in [5, 5.41) is 3.04. The topological polar surface area (TPSA) is 71.9 Å². The molecule has 146 valence electrons. The minimum atomic E-state index is 0.368. The Kier molecular flexibility index (Phi) is 8.67. The van der Waals surface area contributed by atoms with E-state index in [2.05, 4.69) is 39.3 Å². The Balaban J connectivity index is 2.13. The number of benzene rings is 1. The van der Waals surface area contributed by atoms with Crippen molar-refractivity contribution in [1.29, 1.82) is 0 Å². The van der Waals surface area contributed by atoms with Gasteiger partial charge in [-0.25, -0.2) is 0 Å². The largest absolute Gasteiger partial charge is 0.462 e. The maximum Gasteiger partial charge on any atom is 0.318 e. The lowest BCUT2D eigenvalue weighted by atomic mass is 10.1. The molecule has 0 aliphatic rings. The smallest absolute Gasteiger partial charge is 0.318 e. The Hall–Kier alpha value is -2.51. The summed E-state index contributed by atoms with van der Waals surface area (Å²) in [6.07, 6.45) is 1.87. The van der Waals surface area contributed by atoms with Gasteiger partial charge >= 0.3 is 6.01 Å². The summed E-state index contributed by atoms with van der Waals surface area (Å²) in [5.74, 6) is 0.794. The number of methoxy groups -OCH3 is 1. The normalized spacial score (nSPS) is 11.1. The highest BCUT2D eigenvalue weighted by atomic mass is 16.5. The summed E-state index contributed by atoms with van der Waals surface area (Å²) in [6, 6.07) is 10.5. The maximum atomic E-state index is 5.67. The third-order valence-corrected chi connectivity index (χ3v) is 3.89. The molecule has 0 bridgehead atoms. The molecule has 0 amide bonds. The number of likely N-dealkylation sites (N-methyl/N-ethyl adjacent to an activating group) is 2. The first-order valence-electron chi connectivity index (χ1n) is 9.04. The molecule has 7 nitrogen and oxygen atoms in total. The van der Waals surface area contributed by atoms with Crippen LogP contribution in [0.2, 0.25) is 0 Å². The fourth-order valence-electron chi connectivity index (χ4n) is 2.38. The van der Waals surface area contributed by atoms with Crippen molar-refractivity contribution in [3.05, 3.63) is 47.2 Å². The molecule has 0 aliphatic heterocycles. The summed E-state index contributed by atoms with van der Waals surface area (Å²) in [7, 11) is 5.54. The third-order valence-electron chi connectivity index (χ3n) is 3.89. The maximum absolute atomic E-state index is 5.67. The number of hydrogen-bond donors (Lipinski definition) is 1. The van der Waals surface area contributed by atoms with E-state index in [4.69, 9.17) is 9.47 Å². The van der Waals surface area contributed by atoms with Crippen molar-refractivity contribution in [1.82, 2.24) is 15.3 Å². The number of aryl methyl sites for hydroxylation is 1. The molecule has 0 aliphatic carbocycles. The number of anilines is 1. The predicted molar refractivity (Wildman–Crippen MR) is 109 cm³/mol. The van der Waals surface area contributed by atoms with Gasteiger partial charge in [-0.2, -0.15) is 9.97 Å². The van der Waals surface area contributed by atoms with Crippen molar-refractivity contribution in [3.8, 4) is 6.01 Å². The molecule has 1 heterocycles. The zero-order chi connectivity index (χ0) is 19.5. The fourth-order valence-corrected chi connectivity index (χ4v) is 2.38. The van der Waals surface area contributed by atoms with Crippen LogP contribution < -0.4 is 15.0 Å². The molecule has 2 rings (SSSR count). The Morgan fingerprint density at radius 1 is 1.22 bits per heavy atom. The van der Waals surface area contributed by atoms with Crippen molar-refractivity contribution >= 4 is 12.0 Å². The van der Waals surface area contributed by atoms with Crippen molar-refractivity contribution in [2.75, 3.05) is 52.4 Å². The van der Waals surface area contributed by atoms with Gasteiger partial charge in [-0.15, -0.1) is 0 Å². The lowest BCUT2D eigenvalue weighted by Crippen LogP contribution is -2.24. The second kappa shape index (κ2) is 11.3. The van der Waals surface area contributed by atoms with Crippen molar-refractivity contribution < 1.29 is 9.47 Å². The fraction of sp³-hybridized carbons (Fsp3) is 0.450. The van der Waals surface area contributed by atoms with Gasteiger partial charge in [-0.3, -0.25) is 4.99 Å². The van der Waals surface area contributed by atoms with E-state index in [1.165, 1.54) is 5.56 Å². The third kappa shape index (κ3) is 7.32. The summed E-state index contributed by atoms with van der Waals surface area (Å²) < 4.78 is 10.8. The lowest BCUT2D eigenvalue weighted by Gasteiger charge is -2.18. The summed E-state index contributed by atoms with van der Waals surface area (Å²) >= 11 is 0. The Labute approximate surface area is 161 Å². The molecule has 0 fully saturated rings. The van der Waals surface area contributed by atoms with E-state index >= 15 is 0 Å². The summed E-state index contributed by atoms with van der Waals surface area (Å²) in [6.45, 7) is 5.12. The van der Waals surface area contributed by atoms with Gasteiger partial charge in [0, 0.05) is 39.5 Å². The first-order valence-corrected chi connectivity index (χ1v) is 9.04. The van der Waals surface area contributed by atoms with Crippen LogP contribution in [0.3, 0.4) is 0 Å². The molecule has 1 N–H and O–H groups in total. The van der Waals surface area contributed by atoms with Crippen LogP contribution in [0.25, 0.3) is 0 Å². The van der Waals surface area contributed by atoms with Crippen LogP contribution in [-0.2, 0) is 11.3 Å². The van der Waals surface area contributed by atoms with E-state index in [9.17, 15) is 0 Å². The Bertz CT molecular complexity index is 736. The van der Waals surface area contributed by atoms with E-state index in [1.807, 2.05) is 43.4 Å². The SMILES string of the molecule is CNCCOc1nc(CN=Cc2cccc(C)c2)cc(N(C)CCOC)n1. The minimum Gasteiger partial charge on any atom is -0.462 e. The number of rotatable bonds is 11. The molecule has 0 unspecified atom stereocenters. The highest BCUT2D eigenvalue weighted by molar-refractivity contribution is 5.79. The van der Waals surface area contributed by atoms with Gasteiger partial charge in [0.05, 0.1) is 18.8 Å². The Morgan fingerprint density at radius 2 is 2.07 bits per heavy atom. The van der Waals surface area contributed by atoms with Crippen LogP contribution in [0.5, 0.6) is 6.01 Å². The zero-order valence-electron chi connectivity index (χ0n) is 16.6. The van der Waals surface area contributed by atoms with Gasteiger partial charge in [-0.1, -0.05) is 29.8 Å². The number of nitrogens with zero attached hydrogens (tertiary/aromatic N) is 4. The summed E-state index contributed by atoms with van der Waals surface area (Å²) in [4.78, 5) is 15.5. The second-order valence-corrected chi connectivity index (χ2v) is 6.25. The van der Waals surface area contributed by atoms with Crippen LogP contribution >= 0.6 is 0 Å².